The molecule has 0 aliphatic carbocycles. The minimum atomic E-state index is 0.729. The summed E-state index contributed by atoms with van der Waals surface area (Å²) < 4.78 is 7.41. The Labute approximate surface area is 124 Å². The number of nitrogens with zero attached hydrogens (tertiary/aromatic N) is 3. The molecule has 0 radical (unpaired) electrons. The number of benzene rings is 1. The topological polar surface area (TPSA) is 43.9 Å². The normalized spacial score (nSPS) is 11.0. The van der Waals surface area contributed by atoms with Crippen LogP contribution in [0.2, 0.25) is 0 Å². The van der Waals surface area contributed by atoms with Gasteiger partial charge in [-0.05, 0) is 32.3 Å². The Bertz CT molecular complexity index is 710. The van der Waals surface area contributed by atoms with Crippen LogP contribution in [0.5, 0.6) is 0 Å². The van der Waals surface area contributed by atoms with Gasteiger partial charge in [0, 0.05) is 25.0 Å². The third-order valence-corrected chi connectivity index (χ3v) is 3.55. The molecular formula is C17H19N3O. The van der Waals surface area contributed by atoms with Crippen LogP contribution in [-0.4, -0.2) is 14.7 Å². The van der Waals surface area contributed by atoms with Crippen LogP contribution in [-0.2, 0) is 13.0 Å². The van der Waals surface area contributed by atoms with Crippen LogP contribution in [0, 0.1) is 13.8 Å². The van der Waals surface area contributed by atoms with Gasteiger partial charge in [-0.1, -0.05) is 35.0 Å². The van der Waals surface area contributed by atoms with E-state index >= 15 is 0 Å². The minimum Gasteiger partial charge on any atom is -0.353 e. The summed E-state index contributed by atoms with van der Waals surface area (Å²) >= 11 is 0. The predicted octanol–water partition coefficient (Wildman–Crippen LogP) is 3.79. The van der Waals surface area contributed by atoms with Crippen LogP contribution in [0.3, 0.4) is 0 Å². The molecule has 4 heteroatoms. The largest absolute Gasteiger partial charge is 0.353 e. The molecule has 0 saturated heterocycles. The summed E-state index contributed by atoms with van der Waals surface area (Å²) in [4.78, 5) is 4.37. The van der Waals surface area contributed by atoms with E-state index in [1.807, 2.05) is 19.2 Å². The molecule has 1 aromatic carbocycles. The Morgan fingerprint density at radius 3 is 2.67 bits per heavy atom. The average molecular weight is 281 g/mol. The molecule has 3 rings (SSSR count). The van der Waals surface area contributed by atoms with E-state index in [1.54, 1.807) is 6.20 Å². The fourth-order valence-electron chi connectivity index (χ4n) is 2.39. The van der Waals surface area contributed by atoms with Gasteiger partial charge in [0.1, 0.15) is 0 Å². The summed E-state index contributed by atoms with van der Waals surface area (Å²) in [6.07, 6.45) is 5.92. The van der Waals surface area contributed by atoms with E-state index < -0.39 is 0 Å². The van der Waals surface area contributed by atoms with E-state index in [2.05, 4.69) is 45.9 Å². The quantitative estimate of drug-likeness (QED) is 0.714. The van der Waals surface area contributed by atoms with Crippen LogP contribution >= 0.6 is 0 Å². The Hall–Kier alpha value is -2.36. The molecule has 21 heavy (non-hydrogen) atoms. The molecule has 0 fully saturated rings. The molecule has 0 spiro atoms. The predicted molar refractivity (Wildman–Crippen MR) is 82.0 cm³/mol. The van der Waals surface area contributed by atoms with Crippen molar-refractivity contribution in [3.8, 4) is 11.6 Å². The van der Waals surface area contributed by atoms with E-state index in [1.165, 1.54) is 11.1 Å². The van der Waals surface area contributed by atoms with Crippen LogP contribution in [0.25, 0.3) is 11.6 Å². The molecule has 0 saturated carbocycles. The fraction of sp³-hybridized carbons (Fsp3) is 0.294. The second-order valence-corrected chi connectivity index (χ2v) is 5.37. The summed E-state index contributed by atoms with van der Waals surface area (Å²) in [6, 6.07) is 10.6. The van der Waals surface area contributed by atoms with Gasteiger partial charge in [-0.2, -0.15) is 0 Å². The van der Waals surface area contributed by atoms with Gasteiger partial charge in [0.2, 0.25) is 5.76 Å². The third-order valence-electron chi connectivity index (χ3n) is 3.55. The van der Waals surface area contributed by atoms with Crippen molar-refractivity contribution in [3.63, 3.8) is 0 Å². The number of hydrogen-bond donors (Lipinski definition) is 0. The first-order valence-corrected chi connectivity index (χ1v) is 7.23. The van der Waals surface area contributed by atoms with Gasteiger partial charge in [-0.3, -0.25) is 0 Å². The van der Waals surface area contributed by atoms with Crippen molar-refractivity contribution in [2.75, 3.05) is 0 Å². The second-order valence-electron chi connectivity index (χ2n) is 5.37. The lowest BCUT2D eigenvalue weighted by Crippen LogP contribution is -2.00. The van der Waals surface area contributed by atoms with E-state index in [4.69, 9.17) is 4.52 Å². The van der Waals surface area contributed by atoms with Gasteiger partial charge in [-0.25, -0.2) is 4.98 Å². The highest BCUT2D eigenvalue weighted by molar-refractivity contribution is 5.47. The maximum Gasteiger partial charge on any atom is 0.202 e. The van der Waals surface area contributed by atoms with Crippen molar-refractivity contribution in [2.24, 2.45) is 0 Å². The second kappa shape index (κ2) is 5.95. The van der Waals surface area contributed by atoms with Crippen molar-refractivity contribution in [2.45, 2.75) is 33.2 Å². The molecule has 0 N–H and O–H groups in total. The van der Waals surface area contributed by atoms with Crippen molar-refractivity contribution >= 4 is 0 Å². The van der Waals surface area contributed by atoms with E-state index in [0.29, 0.717) is 0 Å². The molecule has 4 nitrogen and oxygen atoms in total. The van der Waals surface area contributed by atoms with Gasteiger partial charge >= 0.3 is 0 Å². The molecule has 2 aromatic heterocycles. The molecule has 0 unspecified atom stereocenters. The highest BCUT2D eigenvalue weighted by Gasteiger charge is 2.10. The number of hydrogen-bond acceptors (Lipinski definition) is 3. The van der Waals surface area contributed by atoms with Gasteiger partial charge in [-0.15, -0.1) is 0 Å². The van der Waals surface area contributed by atoms with Gasteiger partial charge in [0.25, 0.3) is 0 Å². The maximum absolute atomic E-state index is 5.29. The number of imidazole rings is 1. The molecule has 3 aromatic rings. The fourth-order valence-corrected chi connectivity index (χ4v) is 2.39. The molecule has 0 aliphatic heterocycles. The van der Waals surface area contributed by atoms with E-state index in [-0.39, 0.29) is 0 Å². The summed E-state index contributed by atoms with van der Waals surface area (Å²) in [6.45, 7) is 4.95. The van der Waals surface area contributed by atoms with Gasteiger partial charge < -0.3 is 9.09 Å². The summed E-state index contributed by atoms with van der Waals surface area (Å²) in [7, 11) is 0. The number of aryl methyl sites for hydroxylation is 4. The maximum atomic E-state index is 5.29. The van der Waals surface area contributed by atoms with Crippen molar-refractivity contribution in [1.29, 1.82) is 0 Å². The minimum absolute atomic E-state index is 0.729. The molecule has 2 heterocycles. The van der Waals surface area contributed by atoms with E-state index in [0.717, 1.165) is 36.7 Å². The number of aromatic nitrogens is 3. The first-order chi connectivity index (χ1) is 10.2. The molecular weight excluding hydrogens is 262 g/mol. The Morgan fingerprint density at radius 1 is 1.14 bits per heavy atom. The van der Waals surface area contributed by atoms with Crippen LogP contribution in [0.15, 0.2) is 47.2 Å². The Morgan fingerprint density at radius 2 is 1.95 bits per heavy atom. The molecule has 0 aliphatic rings. The molecule has 0 bridgehead atoms. The number of rotatable bonds is 5. The van der Waals surface area contributed by atoms with Gasteiger partial charge in [0.05, 0.1) is 5.69 Å². The molecule has 0 amide bonds. The van der Waals surface area contributed by atoms with Crippen molar-refractivity contribution < 1.29 is 4.52 Å². The third kappa shape index (κ3) is 3.21. The van der Waals surface area contributed by atoms with Gasteiger partial charge in [0.15, 0.2) is 5.82 Å². The first-order valence-electron chi connectivity index (χ1n) is 7.23. The van der Waals surface area contributed by atoms with Crippen LogP contribution in [0.1, 0.15) is 23.2 Å². The zero-order valence-corrected chi connectivity index (χ0v) is 12.4. The smallest absolute Gasteiger partial charge is 0.202 e. The SMILES string of the molecule is Cc1ccc(CCCn2ccnc2-c2cc(C)no2)cc1. The summed E-state index contributed by atoms with van der Waals surface area (Å²) in [5.41, 5.74) is 3.55. The summed E-state index contributed by atoms with van der Waals surface area (Å²) in [5, 5.41) is 3.92. The molecule has 0 atom stereocenters. The van der Waals surface area contributed by atoms with Crippen LogP contribution < -0.4 is 0 Å². The molecule has 108 valence electrons. The Balaban J connectivity index is 1.64. The zero-order valence-electron chi connectivity index (χ0n) is 12.4. The highest BCUT2D eigenvalue weighted by atomic mass is 16.5. The van der Waals surface area contributed by atoms with Crippen molar-refractivity contribution in [3.05, 3.63) is 59.5 Å². The Kier molecular flexibility index (Phi) is 3.86. The first kappa shape index (κ1) is 13.6. The lowest BCUT2D eigenvalue weighted by Gasteiger charge is -2.06. The summed E-state index contributed by atoms with van der Waals surface area (Å²) in [5.74, 6) is 1.58. The van der Waals surface area contributed by atoms with Crippen molar-refractivity contribution in [1.82, 2.24) is 14.7 Å². The lowest BCUT2D eigenvalue weighted by molar-refractivity contribution is 0.422. The standard InChI is InChI=1S/C17H19N3O/c1-13-5-7-15(8-6-13)4-3-10-20-11-9-18-17(20)16-12-14(2)19-21-16/h5-9,11-12H,3-4,10H2,1-2H3. The van der Waals surface area contributed by atoms with Crippen LogP contribution in [0.4, 0.5) is 0 Å². The highest BCUT2D eigenvalue weighted by Crippen LogP contribution is 2.19. The average Bonchev–Trinajstić information content (AvgIpc) is 3.10. The van der Waals surface area contributed by atoms with E-state index in [9.17, 15) is 0 Å². The monoisotopic (exact) mass is 281 g/mol. The lowest BCUT2D eigenvalue weighted by atomic mass is 10.1. The zero-order chi connectivity index (χ0) is 14.7.